The molecule has 1 atom stereocenters. The SMILES string of the molecule is CCOCC(C)NC(=O)c1cc(C)c(C)c(S(N)(=O)=O)c1. The van der Waals surface area contributed by atoms with Crippen molar-refractivity contribution in [1.29, 1.82) is 0 Å². The lowest BCUT2D eigenvalue weighted by molar-refractivity contribution is 0.0871. The van der Waals surface area contributed by atoms with Gasteiger partial charge in [0.15, 0.2) is 0 Å². The van der Waals surface area contributed by atoms with E-state index in [1.165, 1.54) is 6.07 Å². The molecule has 1 amide bonds. The molecule has 3 N–H and O–H groups in total. The maximum Gasteiger partial charge on any atom is 0.251 e. The predicted octanol–water partition coefficient (Wildman–Crippen LogP) is 1.11. The zero-order valence-corrected chi connectivity index (χ0v) is 13.6. The van der Waals surface area contributed by atoms with E-state index in [4.69, 9.17) is 9.88 Å². The molecule has 1 unspecified atom stereocenters. The molecular weight excluding hydrogens is 292 g/mol. The van der Waals surface area contributed by atoms with Crippen molar-refractivity contribution in [2.75, 3.05) is 13.2 Å². The largest absolute Gasteiger partial charge is 0.380 e. The Morgan fingerprint density at radius 2 is 2.00 bits per heavy atom. The zero-order valence-electron chi connectivity index (χ0n) is 12.8. The molecule has 0 heterocycles. The first kappa shape index (κ1) is 17.6. The standard InChI is InChI=1S/C14H22N2O4S/c1-5-20-8-10(3)16-14(17)12-6-9(2)11(4)13(7-12)21(15,18)19/h6-7,10H,5,8H2,1-4H3,(H,16,17)(H2,15,18,19). The molecule has 0 radical (unpaired) electrons. The minimum Gasteiger partial charge on any atom is -0.380 e. The maximum absolute atomic E-state index is 12.2. The Balaban J connectivity index is 3.04. The van der Waals surface area contributed by atoms with Gasteiger partial charge in [-0.1, -0.05) is 0 Å². The van der Waals surface area contributed by atoms with Crippen LogP contribution in [0.2, 0.25) is 0 Å². The quantitative estimate of drug-likeness (QED) is 0.821. The third-order valence-electron chi connectivity index (χ3n) is 3.14. The Hall–Kier alpha value is -1.44. The van der Waals surface area contributed by atoms with Gasteiger partial charge >= 0.3 is 0 Å². The molecule has 0 saturated heterocycles. The monoisotopic (exact) mass is 314 g/mol. The molecular formula is C14H22N2O4S. The maximum atomic E-state index is 12.2. The van der Waals surface area contributed by atoms with Crippen LogP contribution >= 0.6 is 0 Å². The van der Waals surface area contributed by atoms with Crippen molar-refractivity contribution in [2.45, 2.75) is 38.6 Å². The molecule has 1 rings (SSSR count). The second-order valence-electron chi connectivity index (χ2n) is 5.00. The summed E-state index contributed by atoms with van der Waals surface area (Å²) < 4.78 is 28.4. The highest BCUT2D eigenvalue weighted by molar-refractivity contribution is 7.89. The minimum atomic E-state index is -3.86. The average Bonchev–Trinajstić information content (AvgIpc) is 2.37. The van der Waals surface area contributed by atoms with Crippen molar-refractivity contribution in [2.24, 2.45) is 5.14 Å². The number of ether oxygens (including phenoxy) is 1. The Labute approximate surface area is 125 Å². The minimum absolute atomic E-state index is 0.0230. The van der Waals surface area contributed by atoms with Gasteiger partial charge < -0.3 is 10.1 Å². The van der Waals surface area contributed by atoms with Crippen molar-refractivity contribution < 1.29 is 17.9 Å². The highest BCUT2D eigenvalue weighted by atomic mass is 32.2. The number of nitrogens with two attached hydrogens (primary N) is 1. The summed E-state index contributed by atoms with van der Waals surface area (Å²) in [7, 11) is -3.86. The summed E-state index contributed by atoms with van der Waals surface area (Å²) in [5, 5.41) is 7.94. The van der Waals surface area contributed by atoms with E-state index in [0.717, 1.165) is 0 Å². The average molecular weight is 314 g/mol. The van der Waals surface area contributed by atoms with Gasteiger partial charge in [0, 0.05) is 18.2 Å². The number of benzene rings is 1. The number of amides is 1. The number of aryl methyl sites for hydroxylation is 1. The van der Waals surface area contributed by atoms with Gasteiger partial charge in [-0.2, -0.15) is 0 Å². The fourth-order valence-corrected chi connectivity index (χ4v) is 2.78. The number of carbonyl (C=O) groups excluding carboxylic acids is 1. The Morgan fingerprint density at radius 3 is 2.52 bits per heavy atom. The van der Waals surface area contributed by atoms with Gasteiger partial charge in [-0.15, -0.1) is 0 Å². The number of nitrogens with one attached hydrogen (secondary N) is 1. The summed E-state index contributed by atoms with van der Waals surface area (Å²) >= 11 is 0. The number of hydrogen-bond donors (Lipinski definition) is 2. The number of rotatable bonds is 6. The third kappa shape index (κ3) is 4.80. The number of hydrogen-bond acceptors (Lipinski definition) is 4. The van der Waals surface area contributed by atoms with E-state index in [2.05, 4.69) is 5.32 Å². The normalized spacial score (nSPS) is 13.0. The zero-order chi connectivity index (χ0) is 16.2. The fraction of sp³-hybridized carbons (Fsp3) is 0.500. The van der Waals surface area contributed by atoms with Gasteiger partial charge in [0.1, 0.15) is 0 Å². The van der Waals surface area contributed by atoms with Gasteiger partial charge in [0.05, 0.1) is 11.5 Å². The summed E-state index contributed by atoms with van der Waals surface area (Å²) in [4.78, 5) is 12.1. The van der Waals surface area contributed by atoms with Crippen LogP contribution in [0.3, 0.4) is 0 Å². The fourth-order valence-electron chi connectivity index (χ4n) is 1.90. The number of carbonyl (C=O) groups is 1. The van der Waals surface area contributed by atoms with E-state index in [-0.39, 0.29) is 22.4 Å². The van der Waals surface area contributed by atoms with Crippen LogP contribution in [0.4, 0.5) is 0 Å². The van der Waals surface area contributed by atoms with Gasteiger partial charge in [-0.05, 0) is 51.0 Å². The van der Waals surface area contributed by atoms with Crippen LogP contribution in [0.25, 0.3) is 0 Å². The van der Waals surface area contributed by atoms with Crippen LogP contribution in [0.15, 0.2) is 17.0 Å². The third-order valence-corrected chi connectivity index (χ3v) is 4.17. The summed E-state index contributed by atoms with van der Waals surface area (Å²) in [5.74, 6) is -0.352. The molecule has 7 heteroatoms. The van der Waals surface area contributed by atoms with Crippen LogP contribution in [0.1, 0.15) is 35.3 Å². The van der Waals surface area contributed by atoms with E-state index in [1.54, 1.807) is 19.9 Å². The van der Waals surface area contributed by atoms with Crippen LogP contribution in [-0.2, 0) is 14.8 Å². The number of sulfonamides is 1. The van der Waals surface area contributed by atoms with Crippen LogP contribution < -0.4 is 10.5 Å². The summed E-state index contributed by atoms with van der Waals surface area (Å²) in [6.07, 6.45) is 0. The van der Waals surface area contributed by atoms with E-state index in [1.807, 2.05) is 13.8 Å². The molecule has 0 bridgehead atoms. The predicted molar refractivity (Wildman–Crippen MR) is 80.7 cm³/mol. The summed E-state index contributed by atoms with van der Waals surface area (Å²) in [6.45, 7) is 8.05. The van der Waals surface area contributed by atoms with E-state index in [9.17, 15) is 13.2 Å². The Bertz CT molecular complexity index is 626. The second-order valence-corrected chi connectivity index (χ2v) is 6.53. The lowest BCUT2D eigenvalue weighted by atomic mass is 10.1. The number of primary sulfonamides is 1. The van der Waals surface area contributed by atoms with Crippen LogP contribution in [-0.4, -0.2) is 33.6 Å². The molecule has 1 aromatic rings. The highest BCUT2D eigenvalue weighted by Crippen LogP contribution is 2.20. The smallest absolute Gasteiger partial charge is 0.251 e. The molecule has 1 aromatic carbocycles. The second kappa shape index (κ2) is 7.02. The molecule has 6 nitrogen and oxygen atoms in total. The van der Waals surface area contributed by atoms with E-state index >= 15 is 0 Å². The molecule has 21 heavy (non-hydrogen) atoms. The summed E-state index contributed by atoms with van der Waals surface area (Å²) in [5.41, 5.74) is 1.52. The lowest BCUT2D eigenvalue weighted by Gasteiger charge is -2.15. The van der Waals surface area contributed by atoms with Crippen molar-refractivity contribution in [3.8, 4) is 0 Å². The molecule has 0 aliphatic rings. The first-order chi connectivity index (χ1) is 9.66. The van der Waals surface area contributed by atoms with Crippen LogP contribution in [0.5, 0.6) is 0 Å². The summed E-state index contributed by atoms with van der Waals surface area (Å²) in [6, 6.07) is 2.78. The van der Waals surface area contributed by atoms with Gasteiger partial charge in [0.25, 0.3) is 5.91 Å². The molecule has 0 aliphatic carbocycles. The van der Waals surface area contributed by atoms with E-state index < -0.39 is 10.0 Å². The molecule has 0 saturated carbocycles. The van der Waals surface area contributed by atoms with Gasteiger partial charge in [-0.3, -0.25) is 4.79 Å². The van der Waals surface area contributed by atoms with Crippen molar-refractivity contribution in [3.05, 3.63) is 28.8 Å². The van der Waals surface area contributed by atoms with E-state index in [0.29, 0.717) is 24.3 Å². The molecule has 0 aromatic heterocycles. The van der Waals surface area contributed by atoms with Crippen LogP contribution in [0, 0.1) is 13.8 Å². The van der Waals surface area contributed by atoms with Gasteiger partial charge in [0.2, 0.25) is 10.0 Å². The lowest BCUT2D eigenvalue weighted by Crippen LogP contribution is -2.36. The molecule has 0 aliphatic heterocycles. The molecule has 118 valence electrons. The Kier molecular flexibility index (Phi) is 5.88. The van der Waals surface area contributed by atoms with Crippen molar-refractivity contribution in [1.82, 2.24) is 5.32 Å². The van der Waals surface area contributed by atoms with Crippen molar-refractivity contribution >= 4 is 15.9 Å². The topological polar surface area (TPSA) is 98.5 Å². The molecule has 0 fully saturated rings. The Morgan fingerprint density at radius 1 is 1.38 bits per heavy atom. The highest BCUT2D eigenvalue weighted by Gasteiger charge is 2.18. The first-order valence-electron chi connectivity index (χ1n) is 6.69. The first-order valence-corrected chi connectivity index (χ1v) is 8.24. The molecule has 0 spiro atoms. The van der Waals surface area contributed by atoms with Crippen molar-refractivity contribution in [3.63, 3.8) is 0 Å². The van der Waals surface area contributed by atoms with Gasteiger partial charge in [-0.25, -0.2) is 13.6 Å².